The van der Waals surface area contributed by atoms with Gasteiger partial charge >= 0.3 is 0 Å². The summed E-state index contributed by atoms with van der Waals surface area (Å²) >= 11 is 0. The molecule has 0 saturated carbocycles. The Bertz CT molecular complexity index is 491. The van der Waals surface area contributed by atoms with Crippen molar-refractivity contribution in [1.82, 2.24) is 0 Å². The highest BCUT2D eigenvalue weighted by Gasteiger charge is 1.98. The zero-order chi connectivity index (χ0) is 14.8. The molecule has 0 amide bonds. The number of hydrogen-bond donors (Lipinski definition) is 0. The third kappa shape index (κ3) is 5.90. The van der Waals surface area contributed by atoms with Crippen LogP contribution >= 0.6 is 0 Å². The first-order chi connectivity index (χ1) is 10.4. The molecule has 0 aliphatic carbocycles. The Kier molecular flexibility index (Phi) is 6.66. The van der Waals surface area contributed by atoms with Gasteiger partial charge in [-0.15, -0.1) is 0 Å². The molecule has 2 nitrogen and oxygen atoms in total. The van der Waals surface area contributed by atoms with Crippen molar-refractivity contribution < 1.29 is 9.47 Å². The van der Waals surface area contributed by atoms with Crippen molar-refractivity contribution in [3.8, 4) is 11.5 Å². The molecule has 0 aliphatic rings. The van der Waals surface area contributed by atoms with E-state index < -0.39 is 0 Å². The maximum absolute atomic E-state index is 5.74. The van der Waals surface area contributed by atoms with Gasteiger partial charge in [0.15, 0.2) is 0 Å². The van der Waals surface area contributed by atoms with Gasteiger partial charge in [0.2, 0.25) is 0 Å². The Balaban J connectivity index is 1.71. The predicted molar refractivity (Wildman–Crippen MR) is 86.3 cm³/mol. The molecule has 0 heterocycles. The van der Waals surface area contributed by atoms with E-state index in [0.717, 1.165) is 17.9 Å². The maximum Gasteiger partial charge on any atom is 0.135 e. The molecule has 0 aliphatic heterocycles. The zero-order valence-electron chi connectivity index (χ0n) is 12.6. The summed E-state index contributed by atoms with van der Waals surface area (Å²) in [5.41, 5.74) is 1.17. The molecule has 1 radical (unpaired) electrons. The van der Waals surface area contributed by atoms with Crippen molar-refractivity contribution in [3.05, 3.63) is 66.8 Å². The number of hydrogen-bond acceptors (Lipinski definition) is 2. The summed E-state index contributed by atoms with van der Waals surface area (Å²) in [7, 11) is 0. The summed E-state index contributed by atoms with van der Waals surface area (Å²) < 4.78 is 11.3. The van der Waals surface area contributed by atoms with Gasteiger partial charge in [0.25, 0.3) is 0 Å². The Hall–Kier alpha value is -1.96. The van der Waals surface area contributed by atoms with Crippen LogP contribution in [0, 0.1) is 6.61 Å². The van der Waals surface area contributed by atoms with E-state index in [1.54, 1.807) is 0 Å². The van der Waals surface area contributed by atoms with Crippen molar-refractivity contribution in [2.75, 3.05) is 0 Å². The monoisotopic (exact) mass is 283 g/mol. The number of benzene rings is 2. The van der Waals surface area contributed by atoms with Crippen molar-refractivity contribution in [2.45, 2.75) is 39.2 Å². The van der Waals surface area contributed by atoms with Crippen molar-refractivity contribution in [1.29, 1.82) is 0 Å². The molecule has 2 aromatic carbocycles. The lowest BCUT2D eigenvalue weighted by Gasteiger charge is -2.08. The van der Waals surface area contributed by atoms with Gasteiger partial charge in [-0.3, -0.25) is 0 Å². The summed E-state index contributed by atoms with van der Waals surface area (Å²) in [4.78, 5) is 0. The van der Waals surface area contributed by atoms with E-state index in [-0.39, 0.29) is 0 Å². The highest BCUT2D eigenvalue weighted by atomic mass is 16.5. The molecule has 0 aromatic heterocycles. The minimum Gasteiger partial charge on any atom is -0.489 e. The van der Waals surface area contributed by atoms with E-state index in [9.17, 15) is 0 Å². The minimum atomic E-state index is 0.587. The summed E-state index contributed by atoms with van der Waals surface area (Å²) in [5, 5.41) is 0. The molecule has 0 unspecified atom stereocenters. The van der Waals surface area contributed by atoms with Gasteiger partial charge in [0.1, 0.15) is 24.7 Å². The van der Waals surface area contributed by atoms with E-state index in [4.69, 9.17) is 9.47 Å². The van der Waals surface area contributed by atoms with E-state index in [0.29, 0.717) is 6.61 Å². The van der Waals surface area contributed by atoms with E-state index in [1.165, 1.54) is 24.8 Å². The molecule has 0 bridgehead atoms. The lowest BCUT2D eigenvalue weighted by atomic mass is 10.2. The quantitative estimate of drug-likeness (QED) is 0.575. The molecule has 111 valence electrons. The normalized spacial score (nSPS) is 10.3. The first-order valence-electron chi connectivity index (χ1n) is 7.63. The van der Waals surface area contributed by atoms with Gasteiger partial charge in [-0.2, -0.15) is 0 Å². The summed E-state index contributed by atoms with van der Waals surface area (Å²) in [6.07, 6.45) is 4.68. The molecule has 0 saturated heterocycles. The third-order valence-corrected chi connectivity index (χ3v) is 3.22. The average molecular weight is 283 g/mol. The van der Waals surface area contributed by atoms with E-state index >= 15 is 0 Å². The van der Waals surface area contributed by atoms with E-state index in [2.05, 4.69) is 19.1 Å². The SMILES string of the molecule is CCCCC[CH]Oc1ccc(OCc2ccccc2)cc1. The van der Waals surface area contributed by atoms with Crippen LogP contribution in [-0.2, 0) is 6.61 Å². The van der Waals surface area contributed by atoms with Gasteiger partial charge in [0, 0.05) is 0 Å². The van der Waals surface area contributed by atoms with Gasteiger partial charge < -0.3 is 9.47 Å². The molecular weight excluding hydrogens is 260 g/mol. The highest BCUT2D eigenvalue weighted by Crippen LogP contribution is 2.19. The van der Waals surface area contributed by atoms with Crippen LogP contribution in [0.5, 0.6) is 11.5 Å². The molecule has 21 heavy (non-hydrogen) atoms. The fraction of sp³-hybridized carbons (Fsp3) is 0.316. The first kappa shape index (κ1) is 15.4. The fourth-order valence-electron chi connectivity index (χ4n) is 1.99. The Morgan fingerprint density at radius 2 is 1.57 bits per heavy atom. The average Bonchev–Trinajstić information content (AvgIpc) is 2.55. The van der Waals surface area contributed by atoms with E-state index in [1.807, 2.05) is 49.1 Å². The first-order valence-corrected chi connectivity index (χ1v) is 7.63. The number of unbranched alkanes of at least 4 members (excludes halogenated alkanes) is 3. The van der Waals surface area contributed by atoms with Crippen LogP contribution in [0.1, 0.15) is 38.2 Å². The fourth-order valence-corrected chi connectivity index (χ4v) is 1.99. The molecule has 2 rings (SSSR count). The van der Waals surface area contributed by atoms with Crippen LogP contribution in [0.3, 0.4) is 0 Å². The van der Waals surface area contributed by atoms with Crippen molar-refractivity contribution in [3.63, 3.8) is 0 Å². The van der Waals surface area contributed by atoms with Crippen LogP contribution in [0.2, 0.25) is 0 Å². The van der Waals surface area contributed by atoms with Crippen LogP contribution in [-0.4, -0.2) is 0 Å². The predicted octanol–water partition coefficient (Wildman–Crippen LogP) is 5.39. The van der Waals surface area contributed by atoms with Gasteiger partial charge in [-0.25, -0.2) is 0 Å². The standard InChI is InChI=1S/C19H23O2/c1-2-3-4-8-15-20-18-11-13-19(14-12-18)21-16-17-9-6-5-7-10-17/h5-7,9-15H,2-4,8,16H2,1H3. The summed E-state index contributed by atoms with van der Waals surface area (Å²) in [5.74, 6) is 1.72. The third-order valence-electron chi connectivity index (χ3n) is 3.22. The minimum absolute atomic E-state index is 0.587. The lowest BCUT2D eigenvalue weighted by molar-refractivity contribution is 0.305. The molecular formula is C19H23O2. The molecule has 0 N–H and O–H groups in total. The molecule has 0 fully saturated rings. The second-order valence-corrected chi connectivity index (χ2v) is 5.03. The number of rotatable bonds is 9. The Morgan fingerprint density at radius 3 is 2.29 bits per heavy atom. The molecule has 2 heteroatoms. The molecule has 0 atom stereocenters. The smallest absolute Gasteiger partial charge is 0.135 e. The lowest BCUT2D eigenvalue weighted by Crippen LogP contribution is -1.95. The van der Waals surface area contributed by atoms with Gasteiger partial charge in [-0.05, 0) is 42.7 Å². The summed E-state index contributed by atoms with van der Waals surface area (Å²) in [6.45, 7) is 4.68. The Labute approximate surface area is 127 Å². The van der Waals surface area contributed by atoms with Crippen molar-refractivity contribution >= 4 is 0 Å². The van der Waals surface area contributed by atoms with Crippen molar-refractivity contribution in [2.24, 2.45) is 0 Å². The second-order valence-electron chi connectivity index (χ2n) is 5.03. The Morgan fingerprint density at radius 1 is 0.857 bits per heavy atom. The maximum atomic E-state index is 5.74. The molecule has 2 aromatic rings. The van der Waals surface area contributed by atoms with Crippen LogP contribution in [0.15, 0.2) is 54.6 Å². The zero-order valence-corrected chi connectivity index (χ0v) is 12.6. The second kappa shape index (κ2) is 9.06. The van der Waals surface area contributed by atoms with Crippen LogP contribution < -0.4 is 9.47 Å². The topological polar surface area (TPSA) is 18.5 Å². The summed E-state index contributed by atoms with van der Waals surface area (Å²) in [6, 6.07) is 17.9. The largest absolute Gasteiger partial charge is 0.489 e. The highest BCUT2D eigenvalue weighted by molar-refractivity contribution is 5.31. The van der Waals surface area contributed by atoms with Gasteiger partial charge in [0.05, 0.1) is 0 Å². The van der Waals surface area contributed by atoms with Gasteiger partial charge in [-0.1, -0.05) is 50.1 Å². The van der Waals surface area contributed by atoms with Crippen LogP contribution in [0.4, 0.5) is 0 Å². The number of ether oxygens (including phenoxy) is 2. The van der Waals surface area contributed by atoms with Crippen LogP contribution in [0.25, 0.3) is 0 Å². The molecule has 0 spiro atoms.